The minimum absolute atomic E-state index is 0.134. The fourth-order valence-corrected chi connectivity index (χ4v) is 3.73. The molecule has 1 amide bonds. The van der Waals surface area contributed by atoms with Crippen LogP contribution in [0.1, 0.15) is 62.7 Å². The van der Waals surface area contributed by atoms with Crippen LogP contribution in [0.5, 0.6) is 0 Å². The molecule has 0 spiro atoms. The van der Waals surface area contributed by atoms with Crippen molar-refractivity contribution in [3.05, 3.63) is 34.1 Å². The van der Waals surface area contributed by atoms with Crippen molar-refractivity contribution in [2.24, 2.45) is 0 Å². The number of thiophene rings is 1. The van der Waals surface area contributed by atoms with Gasteiger partial charge in [-0.15, -0.1) is 11.3 Å². The molecule has 23 heavy (non-hydrogen) atoms. The number of aryl methyl sites for hydroxylation is 1. The summed E-state index contributed by atoms with van der Waals surface area (Å²) in [7, 11) is 0. The van der Waals surface area contributed by atoms with Gasteiger partial charge in [-0.1, -0.05) is 32.0 Å². The van der Waals surface area contributed by atoms with Gasteiger partial charge in [0.1, 0.15) is 0 Å². The normalized spacial score (nSPS) is 18.6. The van der Waals surface area contributed by atoms with Crippen LogP contribution in [0.3, 0.4) is 0 Å². The number of carbonyl (C=O) groups excluding carboxylic acids is 1. The highest BCUT2D eigenvalue weighted by Crippen LogP contribution is 2.34. The topological polar surface area (TPSA) is 59.2 Å². The Morgan fingerprint density at radius 1 is 1.48 bits per heavy atom. The van der Waals surface area contributed by atoms with E-state index < -0.39 is 0 Å². The summed E-state index contributed by atoms with van der Waals surface area (Å²) in [4.78, 5) is 20.3. The average Bonchev–Trinajstić information content (AvgIpc) is 3.22. The number of amides is 1. The summed E-state index contributed by atoms with van der Waals surface area (Å²) in [5, 5.41) is 6.08. The molecule has 2 aromatic rings. The highest BCUT2D eigenvalue weighted by Gasteiger charge is 2.30. The number of aromatic nitrogens is 2. The SMILES string of the molecule is CC(C)(C)c1noc(CCC(=O)N2CCC[C@@H]2c2cccs2)n1. The van der Waals surface area contributed by atoms with Gasteiger partial charge >= 0.3 is 0 Å². The Labute approximate surface area is 140 Å². The zero-order chi connectivity index (χ0) is 16.4. The second-order valence-corrected chi connectivity index (χ2v) is 8.00. The minimum Gasteiger partial charge on any atom is -0.339 e. The van der Waals surface area contributed by atoms with E-state index in [1.807, 2.05) is 31.7 Å². The summed E-state index contributed by atoms with van der Waals surface area (Å²) in [5.74, 6) is 1.42. The van der Waals surface area contributed by atoms with E-state index in [9.17, 15) is 4.79 Å². The van der Waals surface area contributed by atoms with Crippen LogP contribution in [0.15, 0.2) is 22.0 Å². The Hall–Kier alpha value is -1.69. The molecule has 5 nitrogen and oxygen atoms in total. The first-order valence-corrected chi connectivity index (χ1v) is 8.99. The molecule has 1 aliphatic heterocycles. The van der Waals surface area contributed by atoms with Gasteiger partial charge in [-0.05, 0) is 24.3 Å². The molecule has 0 unspecified atom stereocenters. The maximum Gasteiger partial charge on any atom is 0.227 e. The molecule has 0 aliphatic carbocycles. The van der Waals surface area contributed by atoms with Gasteiger partial charge in [-0.3, -0.25) is 4.79 Å². The Bertz CT molecular complexity index is 658. The van der Waals surface area contributed by atoms with Crippen molar-refractivity contribution in [1.82, 2.24) is 15.0 Å². The van der Waals surface area contributed by atoms with Crippen LogP contribution in [0.2, 0.25) is 0 Å². The number of rotatable bonds is 4. The van der Waals surface area contributed by atoms with Crippen LogP contribution in [-0.4, -0.2) is 27.5 Å². The number of nitrogens with zero attached hydrogens (tertiary/aromatic N) is 3. The van der Waals surface area contributed by atoms with E-state index in [0.717, 1.165) is 19.4 Å². The van der Waals surface area contributed by atoms with Gasteiger partial charge in [0, 0.05) is 29.7 Å². The van der Waals surface area contributed by atoms with Crippen LogP contribution in [0.25, 0.3) is 0 Å². The monoisotopic (exact) mass is 333 g/mol. The Morgan fingerprint density at radius 3 is 2.96 bits per heavy atom. The Kier molecular flexibility index (Phi) is 4.53. The lowest BCUT2D eigenvalue weighted by molar-refractivity contribution is -0.132. The molecule has 3 rings (SSSR count). The smallest absolute Gasteiger partial charge is 0.227 e. The lowest BCUT2D eigenvalue weighted by Crippen LogP contribution is -2.30. The Morgan fingerprint density at radius 2 is 2.30 bits per heavy atom. The van der Waals surface area contributed by atoms with Crippen molar-refractivity contribution in [2.45, 2.75) is 57.9 Å². The van der Waals surface area contributed by atoms with Gasteiger partial charge in [0.15, 0.2) is 5.82 Å². The summed E-state index contributed by atoms with van der Waals surface area (Å²) < 4.78 is 5.27. The van der Waals surface area contributed by atoms with E-state index in [2.05, 4.69) is 21.6 Å². The highest BCUT2D eigenvalue weighted by atomic mass is 32.1. The van der Waals surface area contributed by atoms with Gasteiger partial charge in [0.05, 0.1) is 6.04 Å². The van der Waals surface area contributed by atoms with Crippen molar-refractivity contribution in [3.63, 3.8) is 0 Å². The van der Waals surface area contributed by atoms with Crippen LogP contribution < -0.4 is 0 Å². The summed E-state index contributed by atoms with van der Waals surface area (Å²) in [6.07, 6.45) is 3.06. The predicted octanol–water partition coefficient (Wildman–Crippen LogP) is 3.72. The van der Waals surface area contributed by atoms with Crippen LogP contribution in [0.4, 0.5) is 0 Å². The molecule has 0 bridgehead atoms. The van der Waals surface area contributed by atoms with Crippen LogP contribution >= 0.6 is 11.3 Å². The second-order valence-electron chi connectivity index (χ2n) is 7.02. The predicted molar refractivity (Wildman–Crippen MR) is 89.3 cm³/mol. The highest BCUT2D eigenvalue weighted by molar-refractivity contribution is 7.10. The standard InChI is InChI=1S/C17H23N3O2S/c1-17(2,3)16-18-14(22-19-16)8-9-15(21)20-10-4-6-12(20)13-7-5-11-23-13/h5,7,11-12H,4,6,8-10H2,1-3H3/t12-/m1/s1. The van der Waals surface area contributed by atoms with Crippen LogP contribution in [-0.2, 0) is 16.6 Å². The molecule has 1 atom stereocenters. The molecule has 124 valence electrons. The first-order chi connectivity index (χ1) is 10.9. The molecule has 0 aromatic carbocycles. The quantitative estimate of drug-likeness (QED) is 0.855. The van der Waals surface area contributed by atoms with Gasteiger partial charge in [0.2, 0.25) is 11.8 Å². The third-order valence-electron chi connectivity index (χ3n) is 4.14. The van der Waals surface area contributed by atoms with E-state index in [-0.39, 0.29) is 17.4 Å². The van der Waals surface area contributed by atoms with Crippen molar-refractivity contribution in [1.29, 1.82) is 0 Å². The molecule has 0 saturated carbocycles. The zero-order valence-corrected chi connectivity index (χ0v) is 14.7. The second kappa shape index (κ2) is 6.43. The summed E-state index contributed by atoms with van der Waals surface area (Å²) in [6, 6.07) is 4.41. The number of hydrogen-bond acceptors (Lipinski definition) is 5. The molecule has 1 saturated heterocycles. The fraction of sp³-hybridized carbons (Fsp3) is 0.588. The summed E-state index contributed by atoms with van der Waals surface area (Å²) in [5.41, 5.74) is -0.134. The number of likely N-dealkylation sites (tertiary alicyclic amines) is 1. The van der Waals surface area contributed by atoms with Crippen molar-refractivity contribution < 1.29 is 9.32 Å². The maximum atomic E-state index is 12.6. The molecule has 6 heteroatoms. The molecular formula is C17H23N3O2S. The van der Waals surface area contributed by atoms with Gasteiger partial charge in [0.25, 0.3) is 0 Å². The maximum absolute atomic E-state index is 12.6. The van der Waals surface area contributed by atoms with Crippen molar-refractivity contribution >= 4 is 17.2 Å². The molecular weight excluding hydrogens is 310 g/mol. The molecule has 0 radical (unpaired) electrons. The molecule has 2 aromatic heterocycles. The molecule has 3 heterocycles. The molecule has 1 fully saturated rings. The Balaban J connectivity index is 1.60. The van der Waals surface area contributed by atoms with E-state index in [0.29, 0.717) is 24.6 Å². The first kappa shape index (κ1) is 16.2. The van der Waals surface area contributed by atoms with E-state index in [1.165, 1.54) is 4.88 Å². The summed E-state index contributed by atoms with van der Waals surface area (Å²) in [6.45, 7) is 6.98. The number of carbonyl (C=O) groups is 1. The van der Waals surface area contributed by atoms with Gasteiger partial charge < -0.3 is 9.42 Å². The minimum atomic E-state index is -0.134. The third-order valence-corrected chi connectivity index (χ3v) is 5.11. The van der Waals surface area contributed by atoms with Crippen LogP contribution in [0, 0.1) is 0 Å². The lowest BCUT2D eigenvalue weighted by atomic mass is 9.96. The van der Waals surface area contributed by atoms with Crippen molar-refractivity contribution in [3.8, 4) is 0 Å². The number of hydrogen-bond donors (Lipinski definition) is 0. The largest absolute Gasteiger partial charge is 0.339 e. The fourth-order valence-electron chi connectivity index (χ4n) is 2.86. The van der Waals surface area contributed by atoms with E-state index in [1.54, 1.807) is 11.3 Å². The van der Waals surface area contributed by atoms with E-state index >= 15 is 0 Å². The van der Waals surface area contributed by atoms with Crippen molar-refractivity contribution in [2.75, 3.05) is 6.54 Å². The van der Waals surface area contributed by atoms with Gasteiger partial charge in [-0.2, -0.15) is 4.98 Å². The molecule has 0 N–H and O–H groups in total. The average molecular weight is 333 g/mol. The molecule has 1 aliphatic rings. The third kappa shape index (κ3) is 3.63. The lowest BCUT2D eigenvalue weighted by Gasteiger charge is -2.23. The zero-order valence-electron chi connectivity index (χ0n) is 13.9. The van der Waals surface area contributed by atoms with Gasteiger partial charge in [-0.25, -0.2) is 0 Å². The van der Waals surface area contributed by atoms with E-state index in [4.69, 9.17) is 4.52 Å². The summed E-state index contributed by atoms with van der Waals surface area (Å²) >= 11 is 1.73. The first-order valence-electron chi connectivity index (χ1n) is 8.11.